The molecule has 0 radical (unpaired) electrons. The second kappa shape index (κ2) is 36.1. The lowest BCUT2D eigenvalue weighted by Gasteiger charge is -2.40. The predicted molar refractivity (Wildman–Crippen MR) is 505 cm³/mol. The fourth-order valence-electron chi connectivity index (χ4n) is 20.6. The van der Waals surface area contributed by atoms with Crippen LogP contribution in [0.5, 0.6) is 11.5 Å². The molecule has 5 aliphatic carbocycles. The van der Waals surface area contributed by atoms with Gasteiger partial charge in [0.25, 0.3) is 6.08 Å². The van der Waals surface area contributed by atoms with Gasteiger partial charge >= 0.3 is 0 Å². The average molecular weight is 1670 g/mol. The van der Waals surface area contributed by atoms with Crippen LogP contribution in [0, 0.1) is 66.2 Å². The van der Waals surface area contributed by atoms with Crippen molar-refractivity contribution in [3.8, 4) is 67.1 Å². The Balaban J connectivity index is 0.000000121. The maximum Gasteiger partial charge on any atom is 0.266 e. The average Bonchev–Trinajstić information content (AvgIpc) is 1.53. The second-order valence-electron chi connectivity index (χ2n) is 38.6. The van der Waals surface area contributed by atoms with E-state index in [0.29, 0.717) is 46.1 Å². The lowest BCUT2D eigenvalue weighted by atomic mass is 9.67. The van der Waals surface area contributed by atoms with Crippen molar-refractivity contribution in [3.05, 3.63) is 342 Å². The second-order valence-corrected chi connectivity index (χ2v) is 38.6. The van der Waals surface area contributed by atoms with Gasteiger partial charge in [-0.2, -0.15) is 8.78 Å². The Kier molecular flexibility index (Phi) is 25.2. The minimum absolute atomic E-state index is 0.0748. The highest BCUT2D eigenvalue weighted by atomic mass is 19.3. The molecule has 0 N–H and O–H groups in total. The zero-order chi connectivity index (χ0) is 87.1. The van der Waals surface area contributed by atoms with Crippen LogP contribution >= 0.6 is 0 Å². The molecule has 4 saturated heterocycles. The van der Waals surface area contributed by atoms with Crippen molar-refractivity contribution in [2.75, 3.05) is 79.3 Å². The van der Waals surface area contributed by atoms with Crippen molar-refractivity contribution in [2.24, 2.45) is 10.8 Å². The smallest absolute Gasteiger partial charge is 0.266 e. The van der Waals surface area contributed by atoms with E-state index in [1.807, 2.05) is 6.08 Å². The monoisotopic (exact) mass is 1670 g/mol. The molecule has 11 aromatic rings. The van der Waals surface area contributed by atoms with Crippen LogP contribution < -0.4 is 9.47 Å². The van der Waals surface area contributed by atoms with Crippen LogP contribution in [0.1, 0.15) is 203 Å². The van der Waals surface area contributed by atoms with Crippen molar-refractivity contribution in [2.45, 2.75) is 200 Å². The number of hydrogen-bond donors (Lipinski definition) is 0. The van der Waals surface area contributed by atoms with E-state index in [2.05, 4.69) is 296 Å². The number of allylic oxidation sites excluding steroid dienone is 2. The van der Waals surface area contributed by atoms with Crippen molar-refractivity contribution in [3.63, 3.8) is 0 Å². The molecule has 9 aliphatic rings. The van der Waals surface area contributed by atoms with E-state index >= 15 is 0 Å². The fourth-order valence-corrected chi connectivity index (χ4v) is 20.6. The Hall–Kier alpha value is -9.88. The maximum absolute atomic E-state index is 12.5. The molecular weight excluding hydrogens is 1550 g/mol. The van der Waals surface area contributed by atoms with Gasteiger partial charge in [0.1, 0.15) is 22.7 Å². The molecule has 8 nitrogen and oxygen atoms in total. The number of halogens is 2. The third-order valence-corrected chi connectivity index (χ3v) is 29.1. The molecule has 0 saturated carbocycles. The summed E-state index contributed by atoms with van der Waals surface area (Å²) in [4.78, 5) is 0. The summed E-state index contributed by atoms with van der Waals surface area (Å²) in [6, 6.07) is 77.4. The van der Waals surface area contributed by atoms with Crippen LogP contribution in [0.25, 0.3) is 55.6 Å². The van der Waals surface area contributed by atoms with Crippen LogP contribution in [0.15, 0.2) is 231 Å². The highest BCUT2D eigenvalue weighted by Crippen LogP contribution is 2.59. The third-order valence-electron chi connectivity index (χ3n) is 29.1. The molecule has 4 heterocycles. The van der Waals surface area contributed by atoms with Crippen molar-refractivity contribution in [1.82, 2.24) is 0 Å². The highest BCUT2D eigenvalue weighted by Gasteiger charge is 2.49. The van der Waals surface area contributed by atoms with Crippen molar-refractivity contribution in [1.29, 1.82) is 0 Å². The SMILES string of the molecule is C=CCCCC1(CCCC=C(F)F)c2cc(C)ccc2-c2ccc(C)cc21.CCC1(COc2ccc(C3(c4ccc(OCC5(CC)COC5)cc4)c4cc(C)ccc4-c4ccc(C)cc43)cc2)COC1.Cc1cc(-c2ccc3c(c2)CC3)c(C)cc1-c1ccc2c(c1)CC2.Cc1ccc2c(c1)C(CCOCC1(C)CO1)(CCOCC1(C)CO1)c1cc(C)ccc1-2. The largest absolute Gasteiger partial charge is 0.493 e. The molecule has 4 aliphatic heterocycles. The standard InChI is InChI=1S/C39H42O4.C27H34O4.C25H28F2.C24H22/c1-5-37(21-40-22-37)25-42-31-13-9-29(10-14-31)39(30-11-15-32(16-12-30)43-26-38(6-2)23-41-24-38)35-19-27(3)7-17-33(35)34-18-8-28(4)20-36(34)39;1-19-5-7-21-22-8-6-20(2)14-24(22)27(23(21)13-19,9-11-28-15-25(3)17-30-25)10-12-29-16-26(4)18-31-26;1-4-5-7-14-25(15-8-6-9-24(26)27)22-16-18(2)10-12-20(22)21-13-11-19(3)17-23(21)25;1-15-11-24(22-10-6-18-4-8-20(18)14-22)16(2)12-23(15)21-9-5-17-3-7-19(17)13-21/h7-20H,5-6,21-26H2,1-4H3;5-8,13-14H,9-12,15-18H2,1-4H3;4,9-13,16-17H,1,5-8,14-15H2,2-3H3;5-6,9-14H,3-4,7-8H2,1-2H3. The Morgan fingerprint density at radius 2 is 0.704 bits per heavy atom. The summed E-state index contributed by atoms with van der Waals surface area (Å²) < 4.78 is 71.9. The minimum Gasteiger partial charge on any atom is -0.493 e. The summed E-state index contributed by atoms with van der Waals surface area (Å²) in [5, 5.41) is 0. The number of unbranched alkanes of at least 4 members (excludes halogenated alkanes) is 2. The first-order chi connectivity index (χ1) is 60.4. The highest BCUT2D eigenvalue weighted by molar-refractivity contribution is 5.88. The van der Waals surface area contributed by atoms with Gasteiger partial charge in [0, 0.05) is 24.0 Å². The molecule has 11 aromatic carbocycles. The van der Waals surface area contributed by atoms with Crippen LogP contribution in [0.4, 0.5) is 8.78 Å². The van der Waals surface area contributed by atoms with E-state index in [1.165, 1.54) is 193 Å². The molecule has 4 fully saturated rings. The summed E-state index contributed by atoms with van der Waals surface area (Å²) in [6.07, 6.45) is 15.6. The number of rotatable bonds is 30. The van der Waals surface area contributed by atoms with E-state index in [4.69, 9.17) is 37.9 Å². The molecule has 0 bridgehead atoms. The first-order valence-corrected chi connectivity index (χ1v) is 46.1. The Labute approximate surface area is 742 Å². The third kappa shape index (κ3) is 17.8. The predicted octanol–water partition coefficient (Wildman–Crippen LogP) is 27.0. The first kappa shape index (κ1) is 87.2. The number of aryl methyl sites for hydroxylation is 12. The summed E-state index contributed by atoms with van der Waals surface area (Å²) in [5.74, 6) is 1.80. The summed E-state index contributed by atoms with van der Waals surface area (Å²) in [7, 11) is 0. The van der Waals surface area contributed by atoms with Crippen LogP contribution in [0.2, 0.25) is 0 Å². The maximum atomic E-state index is 12.5. The van der Waals surface area contributed by atoms with Crippen molar-refractivity contribution >= 4 is 0 Å². The van der Waals surface area contributed by atoms with E-state index in [-0.39, 0.29) is 32.9 Å². The van der Waals surface area contributed by atoms with Gasteiger partial charge in [0.05, 0.1) is 82.3 Å². The van der Waals surface area contributed by atoms with E-state index < -0.39 is 11.5 Å². The minimum atomic E-state index is -1.57. The van der Waals surface area contributed by atoms with Gasteiger partial charge in [0.2, 0.25) is 0 Å². The topological polar surface area (TPSA) is 80.4 Å². The Morgan fingerprint density at radius 1 is 0.368 bits per heavy atom. The summed E-state index contributed by atoms with van der Waals surface area (Å²) in [6.45, 7) is 38.9. The molecule has 0 aromatic heterocycles. The normalized spacial score (nSPS) is 18.9. The van der Waals surface area contributed by atoms with Gasteiger partial charge in [-0.15, -0.1) is 6.58 Å². The number of fused-ring (bicyclic) bond motifs is 11. The molecule has 125 heavy (non-hydrogen) atoms. The van der Waals surface area contributed by atoms with Gasteiger partial charge in [-0.05, 0) is 323 Å². The molecule has 2 atom stereocenters. The van der Waals surface area contributed by atoms with Crippen LogP contribution in [0.3, 0.4) is 0 Å². The van der Waals surface area contributed by atoms with Crippen molar-refractivity contribution < 1.29 is 46.7 Å². The molecular formula is C115H126F2O8. The van der Waals surface area contributed by atoms with Gasteiger partial charge < -0.3 is 37.9 Å². The number of ether oxygens (including phenoxy) is 8. The lowest BCUT2D eigenvalue weighted by Crippen LogP contribution is -2.46. The summed E-state index contributed by atoms with van der Waals surface area (Å²) >= 11 is 0. The van der Waals surface area contributed by atoms with Gasteiger partial charge in [-0.1, -0.05) is 235 Å². The zero-order valence-corrected chi connectivity index (χ0v) is 75.9. The van der Waals surface area contributed by atoms with Gasteiger partial charge in [0.15, 0.2) is 0 Å². The molecule has 2 unspecified atom stereocenters. The Morgan fingerprint density at radius 3 is 1.01 bits per heavy atom. The molecule has 20 rings (SSSR count). The summed E-state index contributed by atoms with van der Waals surface area (Å²) in [5.41, 5.74) is 40.1. The zero-order valence-electron chi connectivity index (χ0n) is 75.9. The first-order valence-electron chi connectivity index (χ1n) is 46.1. The van der Waals surface area contributed by atoms with Crippen LogP contribution in [-0.2, 0) is 70.3 Å². The molecule has 10 heteroatoms. The number of epoxide rings is 2. The van der Waals surface area contributed by atoms with Gasteiger partial charge in [-0.25, -0.2) is 0 Å². The lowest BCUT2D eigenvalue weighted by molar-refractivity contribution is -0.133. The van der Waals surface area contributed by atoms with E-state index in [0.717, 1.165) is 115 Å². The van der Waals surface area contributed by atoms with E-state index in [9.17, 15) is 8.78 Å². The molecule has 0 amide bonds. The van der Waals surface area contributed by atoms with E-state index in [1.54, 1.807) is 0 Å². The fraction of sp³-hybridized carbons (Fsp3) is 0.391. The van der Waals surface area contributed by atoms with Crippen LogP contribution in [-0.4, -0.2) is 90.5 Å². The Bertz CT molecular complexity index is 5480. The molecule has 0 spiro atoms. The van der Waals surface area contributed by atoms with Gasteiger partial charge in [-0.3, -0.25) is 0 Å². The molecule has 648 valence electrons. The number of hydrogen-bond acceptors (Lipinski definition) is 8. The number of benzene rings is 11. The quantitative estimate of drug-likeness (QED) is 0.0250.